The summed E-state index contributed by atoms with van der Waals surface area (Å²) in [6, 6.07) is 3.12. The molecule has 27 nitrogen and oxygen atoms in total. The molecule has 27 heteroatoms. The van der Waals surface area contributed by atoms with Crippen LogP contribution in [0.4, 0.5) is 0 Å². The van der Waals surface area contributed by atoms with Crippen molar-refractivity contribution in [3.8, 4) is 5.75 Å². The number of hydrogen-bond donors (Lipinski definition) is 11. The van der Waals surface area contributed by atoms with E-state index >= 15 is 0 Å². The van der Waals surface area contributed by atoms with Gasteiger partial charge in [0.25, 0.3) is 0 Å². The molecule has 4 fully saturated rings. The maximum Gasteiger partial charge on any atom is 0.326 e. The van der Waals surface area contributed by atoms with Crippen LogP contribution in [0, 0.1) is 11.8 Å². The SMILES string of the molecule is CC[C@H](C)[C@H](NC(=O)[C@@H]1CCCN1C(=O)CNC(=O)[C@@H]1CCCN1C(=O)[C@H](Cc1ccccc1)NC(=O)[C@@H]1CCCN1C(=O)[C@@H](N)Cc1ccc(O)cc1)C(=O)N1CCC[C@H]1C(=O)N[C@@H](CC(N)=O)C(=O)N[C@@H](CO)C(=O)N[C@@H](CC(C)C)C(=O)O. The number of benzene rings is 2. The third-order valence-corrected chi connectivity index (χ3v) is 16.4. The van der Waals surface area contributed by atoms with Crippen molar-refractivity contribution < 1.29 is 72.9 Å². The number of primary amides is 1. The van der Waals surface area contributed by atoms with E-state index < -0.39 is 157 Å². The summed E-state index contributed by atoms with van der Waals surface area (Å²) in [6.45, 7) is 6.17. The van der Waals surface area contributed by atoms with Gasteiger partial charge in [-0.1, -0.05) is 76.6 Å². The molecule has 6 rings (SSSR count). The Bertz CT molecular complexity index is 2790. The summed E-state index contributed by atoms with van der Waals surface area (Å²) >= 11 is 0. The number of carbonyl (C=O) groups excluding carboxylic acids is 11. The zero-order valence-corrected chi connectivity index (χ0v) is 49.2. The average Bonchev–Trinajstić information content (AvgIpc) is 3.44. The molecule has 2 aromatic carbocycles. The van der Waals surface area contributed by atoms with Crippen molar-refractivity contribution >= 4 is 70.9 Å². The van der Waals surface area contributed by atoms with E-state index in [9.17, 15) is 72.9 Å². The Morgan fingerprint density at radius 1 is 0.570 bits per heavy atom. The predicted molar refractivity (Wildman–Crippen MR) is 309 cm³/mol. The molecule has 13 N–H and O–H groups in total. The van der Waals surface area contributed by atoms with Crippen molar-refractivity contribution in [2.24, 2.45) is 23.3 Å². The molecule has 2 aromatic rings. The minimum atomic E-state index is -1.69. The van der Waals surface area contributed by atoms with Crippen molar-refractivity contribution in [1.29, 1.82) is 0 Å². The Hall–Kier alpha value is -8.20. The Morgan fingerprint density at radius 3 is 1.58 bits per heavy atom. The Labute approximate surface area is 499 Å². The normalized spacial score (nSPS) is 20.8. The summed E-state index contributed by atoms with van der Waals surface area (Å²) in [7, 11) is 0. The highest BCUT2D eigenvalue weighted by atomic mass is 16.4. The molecule has 0 bridgehead atoms. The van der Waals surface area contributed by atoms with Gasteiger partial charge in [-0.2, -0.15) is 0 Å². The molecule has 0 aliphatic carbocycles. The highest BCUT2D eigenvalue weighted by Gasteiger charge is 2.45. The first-order valence-electron chi connectivity index (χ1n) is 29.6. The number of likely N-dealkylation sites (tertiary alicyclic amines) is 4. The number of carbonyl (C=O) groups is 12. The second-order valence-electron chi connectivity index (χ2n) is 23.1. The summed E-state index contributed by atoms with van der Waals surface area (Å²) in [5.74, 6) is -9.94. The smallest absolute Gasteiger partial charge is 0.326 e. The van der Waals surface area contributed by atoms with Gasteiger partial charge in [-0.3, -0.25) is 52.7 Å². The zero-order chi connectivity index (χ0) is 62.9. The second kappa shape index (κ2) is 31.3. The van der Waals surface area contributed by atoms with Crippen LogP contribution in [0.5, 0.6) is 5.75 Å². The van der Waals surface area contributed by atoms with Crippen molar-refractivity contribution in [3.63, 3.8) is 0 Å². The number of carboxylic acid groups (broad SMARTS) is 1. The largest absolute Gasteiger partial charge is 0.508 e. The third kappa shape index (κ3) is 17.7. The number of aromatic hydroxyl groups is 1. The maximum absolute atomic E-state index is 14.6. The van der Waals surface area contributed by atoms with Crippen LogP contribution < -0.4 is 43.4 Å². The standard InChI is InChI=1S/C59H84N12O15/c1-5-34(4)49(58(84)71-26-12-18-46(71)53(79)63-39(30-47(61)74)50(76)66-42(32-72)51(77)65-41(59(85)86)27-33(2)3)67-55(81)44-16-9-23-68(44)48(75)31-62-52(78)43-15-10-25-70(43)57(83)40(29-35-13-7-6-8-14-35)64-54(80)45-17-11-24-69(45)56(82)38(60)28-36-19-21-37(73)22-20-36/h6-8,13-14,19-22,33-34,38-46,49,72-73H,5,9-12,15-18,23-32,60H2,1-4H3,(H2,61,74)(H,62,78)(H,63,79)(H,64,80)(H,65,77)(H,66,76)(H,67,81)(H,85,86)/t34-,38-,39-,40-,41-,42-,43-,44-,45-,46-,49-/m0/s1. The molecular weight excluding hydrogens is 1120 g/mol. The van der Waals surface area contributed by atoms with Gasteiger partial charge < -0.3 is 78.3 Å². The van der Waals surface area contributed by atoms with E-state index in [0.717, 1.165) is 11.1 Å². The number of amides is 11. The predicted octanol–water partition coefficient (Wildman–Crippen LogP) is -1.95. The fraction of sp³-hybridized carbons (Fsp3) is 0.593. The molecule has 0 radical (unpaired) electrons. The number of phenolic OH excluding ortho intramolecular Hbond substituents is 1. The van der Waals surface area contributed by atoms with Gasteiger partial charge in [-0.05, 0) is 99.3 Å². The molecule has 0 saturated carbocycles. The van der Waals surface area contributed by atoms with Gasteiger partial charge in [-0.15, -0.1) is 0 Å². The number of aliphatic hydroxyl groups excluding tert-OH is 1. The summed E-state index contributed by atoms with van der Waals surface area (Å²) in [4.78, 5) is 169. The van der Waals surface area contributed by atoms with Crippen LogP contribution in [0.1, 0.15) is 109 Å². The number of nitrogens with two attached hydrogens (primary N) is 2. The number of carboxylic acids is 1. The molecule has 470 valence electrons. The first-order valence-corrected chi connectivity index (χ1v) is 29.6. The Kier molecular flexibility index (Phi) is 24.3. The number of rotatable bonds is 28. The average molecular weight is 1200 g/mol. The molecule has 4 aliphatic heterocycles. The monoisotopic (exact) mass is 1200 g/mol. The van der Waals surface area contributed by atoms with E-state index in [1.807, 2.05) is 6.07 Å². The third-order valence-electron chi connectivity index (χ3n) is 16.4. The lowest BCUT2D eigenvalue weighted by molar-refractivity contribution is -0.145. The van der Waals surface area contributed by atoms with Crippen LogP contribution in [0.2, 0.25) is 0 Å². The summed E-state index contributed by atoms with van der Waals surface area (Å²) in [5.41, 5.74) is 13.2. The summed E-state index contributed by atoms with van der Waals surface area (Å²) in [5, 5.41) is 44.6. The van der Waals surface area contributed by atoms with Crippen molar-refractivity contribution in [2.75, 3.05) is 39.3 Å². The lowest BCUT2D eigenvalue weighted by atomic mass is 9.96. The van der Waals surface area contributed by atoms with E-state index in [1.165, 1.54) is 31.7 Å². The van der Waals surface area contributed by atoms with Gasteiger partial charge in [0.15, 0.2) is 0 Å². The van der Waals surface area contributed by atoms with Gasteiger partial charge in [0.05, 0.1) is 25.6 Å². The van der Waals surface area contributed by atoms with Crippen molar-refractivity contribution in [1.82, 2.24) is 51.5 Å². The molecule has 0 unspecified atom stereocenters. The number of aliphatic carboxylic acids is 1. The van der Waals surface area contributed by atoms with Gasteiger partial charge in [0, 0.05) is 32.6 Å². The fourth-order valence-corrected chi connectivity index (χ4v) is 11.6. The highest BCUT2D eigenvalue weighted by Crippen LogP contribution is 2.26. The molecule has 11 atom stereocenters. The molecule has 86 heavy (non-hydrogen) atoms. The zero-order valence-electron chi connectivity index (χ0n) is 49.2. The maximum atomic E-state index is 14.6. The molecule has 4 heterocycles. The van der Waals surface area contributed by atoms with Gasteiger partial charge in [0.2, 0.25) is 65.0 Å². The molecule has 4 aliphatic rings. The second-order valence-corrected chi connectivity index (χ2v) is 23.1. The fourth-order valence-electron chi connectivity index (χ4n) is 11.6. The van der Waals surface area contributed by atoms with Crippen LogP contribution in [-0.2, 0) is 70.4 Å². The van der Waals surface area contributed by atoms with E-state index in [4.69, 9.17) is 11.5 Å². The first kappa shape index (κ1) is 66.9. The van der Waals surface area contributed by atoms with Crippen LogP contribution in [0.15, 0.2) is 54.6 Å². The number of phenols is 1. The van der Waals surface area contributed by atoms with Gasteiger partial charge in [-0.25, -0.2) is 4.79 Å². The molecule has 0 spiro atoms. The van der Waals surface area contributed by atoms with E-state index in [2.05, 4.69) is 31.9 Å². The Balaban J connectivity index is 1.06. The number of nitrogens with zero attached hydrogens (tertiary/aromatic N) is 4. The van der Waals surface area contributed by atoms with Gasteiger partial charge >= 0.3 is 5.97 Å². The minimum Gasteiger partial charge on any atom is -0.508 e. The summed E-state index contributed by atoms with van der Waals surface area (Å²) < 4.78 is 0. The van der Waals surface area contributed by atoms with Crippen molar-refractivity contribution in [3.05, 3.63) is 65.7 Å². The topological polar surface area (TPSA) is 403 Å². The van der Waals surface area contributed by atoms with Crippen LogP contribution in [0.25, 0.3) is 0 Å². The lowest BCUT2D eigenvalue weighted by Gasteiger charge is -2.33. The van der Waals surface area contributed by atoms with E-state index in [0.29, 0.717) is 38.5 Å². The molecule has 11 amide bonds. The first-order chi connectivity index (χ1) is 40.9. The molecule has 4 saturated heterocycles. The molecular formula is C59H84N12O15. The number of aliphatic hydroxyl groups is 1. The van der Waals surface area contributed by atoms with E-state index in [-0.39, 0.29) is 76.4 Å². The van der Waals surface area contributed by atoms with Crippen LogP contribution in [0.3, 0.4) is 0 Å². The lowest BCUT2D eigenvalue weighted by Crippen LogP contribution is -2.60. The summed E-state index contributed by atoms with van der Waals surface area (Å²) in [6.07, 6.45) is 2.58. The van der Waals surface area contributed by atoms with E-state index in [1.54, 1.807) is 64.1 Å². The highest BCUT2D eigenvalue weighted by molar-refractivity contribution is 6.00. The van der Waals surface area contributed by atoms with Crippen LogP contribution in [-0.4, -0.2) is 206 Å². The van der Waals surface area contributed by atoms with Crippen LogP contribution >= 0.6 is 0 Å². The quantitative estimate of drug-likeness (QED) is 0.0441. The minimum absolute atomic E-state index is 0.0418. The number of nitrogens with one attached hydrogen (secondary N) is 6. The van der Waals surface area contributed by atoms with Gasteiger partial charge in [0.1, 0.15) is 60.1 Å². The van der Waals surface area contributed by atoms with Crippen molar-refractivity contribution in [2.45, 2.75) is 172 Å². The molecule has 0 aromatic heterocycles. The number of hydrogen-bond acceptors (Lipinski definition) is 15. The Morgan fingerprint density at radius 2 is 1.05 bits per heavy atom.